The highest BCUT2D eigenvalue weighted by Crippen LogP contribution is 2.33. The summed E-state index contributed by atoms with van der Waals surface area (Å²) in [5.74, 6) is 0. The number of aromatic nitrogens is 2. The van der Waals surface area contributed by atoms with Crippen LogP contribution in [0.4, 0.5) is 0 Å². The first kappa shape index (κ1) is 15.2. The van der Waals surface area contributed by atoms with Crippen molar-refractivity contribution in [3.8, 4) is 0 Å². The minimum absolute atomic E-state index is 0.106. The van der Waals surface area contributed by atoms with Gasteiger partial charge in [-0.25, -0.2) is 8.42 Å². The van der Waals surface area contributed by atoms with Crippen LogP contribution in [0.1, 0.15) is 24.2 Å². The van der Waals surface area contributed by atoms with Gasteiger partial charge in [-0.2, -0.15) is 9.40 Å². The average Bonchev–Trinajstić information content (AvgIpc) is 3.14. The minimum atomic E-state index is -3.52. The maximum Gasteiger partial charge on any atom is 0.247 e. The molecule has 1 aliphatic carbocycles. The van der Waals surface area contributed by atoms with Crippen molar-refractivity contribution < 1.29 is 8.42 Å². The number of hydrogen-bond acceptors (Lipinski definition) is 4. The lowest BCUT2D eigenvalue weighted by atomic mass is 10.4. The van der Waals surface area contributed by atoms with E-state index in [1.807, 2.05) is 0 Å². The van der Waals surface area contributed by atoms with E-state index in [4.69, 9.17) is 5.73 Å². The van der Waals surface area contributed by atoms with Crippen LogP contribution in [0.2, 0.25) is 0 Å². The van der Waals surface area contributed by atoms with Gasteiger partial charge in [0.1, 0.15) is 4.90 Å². The van der Waals surface area contributed by atoms with Gasteiger partial charge < -0.3 is 5.73 Å². The lowest BCUT2D eigenvalue weighted by Gasteiger charge is -2.20. The molecule has 0 amide bonds. The van der Waals surface area contributed by atoms with Crippen LogP contribution in [0.5, 0.6) is 0 Å². The SMILES string of the molecule is C=CCN(C1CC1)S(=O)(=O)c1c(C)nn(CCN)c1C. The number of aryl methyl sites for hydroxylation is 1. The fourth-order valence-corrected chi connectivity index (χ4v) is 4.48. The zero-order valence-corrected chi connectivity index (χ0v) is 12.9. The van der Waals surface area contributed by atoms with E-state index in [2.05, 4.69) is 11.7 Å². The highest BCUT2D eigenvalue weighted by Gasteiger charge is 2.39. The predicted octanol–water partition coefficient (Wildman–Crippen LogP) is 0.798. The van der Waals surface area contributed by atoms with Gasteiger partial charge in [-0.05, 0) is 26.7 Å². The van der Waals surface area contributed by atoms with Gasteiger partial charge in [0.05, 0.1) is 17.9 Å². The molecule has 0 aromatic carbocycles. The van der Waals surface area contributed by atoms with Crippen molar-refractivity contribution in [1.82, 2.24) is 14.1 Å². The largest absolute Gasteiger partial charge is 0.329 e. The van der Waals surface area contributed by atoms with Crippen molar-refractivity contribution in [3.05, 3.63) is 24.0 Å². The van der Waals surface area contributed by atoms with Crippen LogP contribution in [-0.2, 0) is 16.6 Å². The van der Waals surface area contributed by atoms with Crippen LogP contribution in [-0.4, -0.2) is 41.6 Å². The van der Waals surface area contributed by atoms with E-state index in [1.165, 1.54) is 4.31 Å². The molecule has 0 aliphatic heterocycles. The normalized spacial score (nSPS) is 15.8. The molecule has 20 heavy (non-hydrogen) atoms. The van der Waals surface area contributed by atoms with Gasteiger partial charge in [-0.3, -0.25) is 4.68 Å². The summed E-state index contributed by atoms with van der Waals surface area (Å²) in [7, 11) is -3.52. The molecule has 7 heteroatoms. The van der Waals surface area contributed by atoms with Crippen LogP contribution in [0.15, 0.2) is 17.6 Å². The summed E-state index contributed by atoms with van der Waals surface area (Å²) in [4.78, 5) is 0.319. The number of hydrogen-bond donors (Lipinski definition) is 1. The molecule has 0 radical (unpaired) electrons. The van der Waals surface area contributed by atoms with Crippen LogP contribution < -0.4 is 5.73 Å². The lowest BCUT2D eigenvalue weighted by molar-refractivity contribution is 0.435. The standard InChI is InChI=1S/C13H22N4O2S/c1-4-8-17(12-5-6-12)20(18,19)13-10(2)15-16(9-7-14)11(13)3/h4,12H,1,5-9,14H2,2-3H3. The average molecular weight is 298 g/mol. The van der Waals surface area contributed by atoms with E-state index in [0.29, 0.717) is 35.9 Å². The summed E-state index contributed by atoms with van der Waals surface area (Å²) in [6.45, 7) is 8.45. The molecule has 1 fully saturated rings. The quantitative estimate of drug-likeness (QED) is 0.755. The van der Waals surface area contributed by atoms with E-state index >= 15 is 0 Å². The van der Waals surface area contributed by atoms with E-state index in [-0.39, 0.29) is 6.04 Å². The molecule has 1 aromatic rings. The van der Waals surface area contributed by atoms with Crippen LogP contribution in [0, 0.1) is 13.8 Å². The monoisotopic (exact) mass is 298 g/mol. The van der Waals surface area contributed by atoms with Gasteiger partial charge in [0.25, 0.3) is 0 Å². The van der Waals surface area contributed by atoms with Gasteiger partial charge in [0.2, 0.25) is 10.0 Å². The van der Waals surface area contributed by atoms with Crippen LogP contribution >= 0.6 is 0 Å². The van der Waals surface area contributed by atoms with E-state index in [0.717, 1.165) is 12.8 Å². The first-order valence-corrected chi connectivity index (χ1v) is 8.24. The first-order valence-electron chi connectivity index (χ1n) is 6.80. The lowest BCUT2D eigenvalue weighted by Crippen LogP contribution is -2.34. The second-order valence-corrected chi connectivity index (χ2v) is 6.93. The highest BCUT2D eigenvalue weighted by atomic mass is 32.2. The Bertz CT molecular complexity index is 602. The van der Waals surface area contributed by atoms with Gasteiger partial charge in [0.15, 0.2) is 0 Å². The third-order valence-corrected chi connectivity index (χ3v) is 5.66. The molecule has 1 aromatic heterocycles. The van der Waals surface area contributed by atoms with Gasteiger partial charge in [-0.15, -0.1) is 6.58 Å². The van der Waals surface area contributed by atoms with Crippen molar-refractivity contribution in [2.24, 2.45) is 5.73 Å². The molecule has 1 saturated carbocycles. The first-order chi connectivity index (χ1) is 9.43. The third-order valence-electron chi connectivity index (χ3n) is 3.49. The second-order valence-electron chi connectivity index (χ2n) is 5.11. The van der Waals surface area contributed by atoms with Crippen LogP contribution in [0.25, 0.3) is 0 Å². The predicted molar refractivity (Wildman–Crippen MR) is 77.9 cm³/mol. The van der Waals surface area contributed by atoms with Crippen molar-refractivity contribution in [3.63, 3.8) is 0 Å². The fourth-order valence-electron chi connectivity index (χ4n) is 2.44. The third kappa shape index (κ3) is 2.65. The Morgan fingerprint density at radius 1 is 1.50 bits per heavy atom. The van der Waals surface area contributed by atoms with E-state index in [9.17, 15) is 8.42 Å². The summed E-state index contributed by atoms with van der Waals surface area (Å²) in [5.41, 5.74) is 6.72. The van der Waals surface area contributed by atoms with E-state index < -0.39 is 10.0 Å². The summed E-state index contributed by atoms with van der Waals surface area (Å²) < 4.78 is 28.9. The molecule has 0 spiro atoms. The molecule has 1 aliphatic rings. The molecule has 0 unspecified atom stereocenters. The summed E-state index contributed by atoms with van der Waals surface area (Å²) in [5, 5.41) is 4.29. The highest BCUT2D eigenvalue weighted by molar-refractivity contribution is 7.89. The second kappa shape index (κ2) is 5.67. The van der Waals surface area contributed by atoms with Crippen molar-refractivity contribution in [2.75, 3.05) is 13.1 Å². The Balaban J connectivity index is 2.45. The molecular formula is C13H22N4O2S. The van der Waals surface area contributed by atoms with Crippen LogP contribution in [0.3, 0.4) is 0 Å². The van der Waals surface area contributed by atoms with Crippen molar-refractivity contribution >= 4 is 10.0 Å². The summed E-state index contributed by atoms with van der Waals surface area (Å²) in [6, 6.07) is 0.106. The Hall–Kier alpha value is -1.18. The maximum atomic E-state index is 12.9. The Morgan fingerprint density at radius 2 is 2.15 bits per heavy atom. The van der Waals surface area contributed by atoms with Crippen molar-refractivity contribution in [2.45, 2.75) is 44.2 Å². The van der Waals surface area contributed by atoms with Gasteiger partial charge in [0, 0.05) is 19.1 Å². The smallest absolute Gasteiger partial charge is 0.247 e. The zero-order valence-electron chi connectivity index (χ0n) is 12.0. The number of nitrogens with two attached hydrogens (primary N) is 1. The zero-order chi connectivity index (χ0) is 14.9. The molecule has 0 atom stereocenters. The molecule has 0 bridgehead atoms. The van der Waals surface area contributed by atoms with Crippen molar-refractivity contribution in [1.29, 1.82) is 0 Å². The van der Waals surface area contributed by atoms with Gasteiger partial charge >= 0.3 is 0 Å². The number of rotatable bonds is 7. The molecule has 2 N–H and O–H groups in total. The maximum absolute atomic E-state index is 12.9. The number of sulfonamides is 1. The fraction of sp³-hybridized carbons (Fsp3) is 0.615. The molecule has 112 valence electrons. The summed E-state index contributed by atoms with van der Waals surface area (Å²) in [6.07, 6.45) is 3.47. The number of nitrogens with zero attached hydrogens (tertiary/aromatic N) is 3. The molecule has 2 rings (SSSR count). The Morgan fingerprint density at radius 3 is 2.65 bits per heavy atom. The van der Waals surface area contributed by atoms with E-state index in [1.54, 1.807) is 24.6 Å². The Kier molecular flexibility index (Phi) is 4.31. The Labute approximate surface area is 120 Å². The molecule has 6 nitrogen and oxygen atoms in total. The van der Waals surface area contributed by atoms with Gasteiger partial charge in [-0.1, -0.05) is 6.08 Å². The topological polar surface area (TPSA) is 81.2 Å². The molecular weight excluding hydrogens is 276 g/mol. The molecule has 1 heterocycles. The minimum Gasteiger partial charge on any atom is -0.329 e. The summed E-state index contributed by atoms with van der Waals surface area (Å²) >= 11 is 0. The molecule has 0 saturated heterocycles.